The Bertz CT molecular complexity index is 1080. The van der Waals surface area contributed by atoms with Crippen LogP contribution in [0.4, 0.5) is 0 Å². The maximum atomic E-state index is 12.8. The number of nitrogens with zero attached hydrogens (tertiary/aromatic N) is 1. The SMILES string of the molecule is CCCC/C=C/CC/C=C/C(O)C(COP(=O)([O-])OCC[N+](C)(C)C)NC(=O)CCCCCCCCCCCC/C=C\C/C=C\C/C=C\CCCCCCC. The number of hydrogen-bond donors (Lipinski definition) is 2. The van der Waals surface area contributed by atoms with Gasteiger partial charge in [0.2, 0.25) is 5.91 Å². The number of phosphoric acid groups is 1. The topological polar surface area (TPSA) is 108 Å². The Morgan fingerprint density at radius 1 is 0.636 bits per heavy atom. The van der Waals surface area contributed by atoms with Crippen LogP contribution < -0.4 is 10.2 Å². The third-order valence-electron chi connectivity index (χ3n) is 9.45. The summed E-state index contributed by atoms with van der Waals surface area (Å²) in [7, 11) is 1.23. The van der Waals surface area contributed by atoms with Gasteiger partial charge < -0.3 is 28.8 Å². The molecule has 0 aromatic heterocycles. The van der Waals surface area contributed by atoms with E-state index in [4.69, 9.17) is 9.05 Å². The number of aliphatic hydroxyl groups excluding tert-OH is 1. The number of phosphoric ester groups is 1. The normalized spacial score (nSPS) is 15.0. The van der Waals surface area contributed by atoms with E-state index in [1.54, 1.807) is 6.08 Å². The van der Waals surface area contributed by atoms with Gasteiger partial charge in [0.25, 0.3) is 7.82 Å². The molecule has 0 fully saturated rings. The van der Waals surface area contributed by atoms with E-state index in [2.05, 4.69) is 67.8 Å². The van der Waals surface area contributed by atoms with Gasteiger partial charge in [0.15, 0.2) is 0 Å². The molecule has 0 aliphatic heterocycles. The number of unbranched alkanes of at least 4 members (excludes halogenated alkanes) is 18. The standard InChI is InChI=1S/C46H85N2O6P/c1-6-8-10-12-14-16-17-18-19-20-21-22-23-24-25-26-27-28-29-30-31-32-34-36-38-40-46(50)47-44(43-54-55(51,52)53-42-41-48(3,4)5)45(49)39-37-35-33-15-13-11-9-7-2/h13,15,17-18,20-21,23-24,37,39,44-45,49H,6-12,14,16,19,22,25-36,38,40-43H2,1-5H3,(H-,47,50,51,52)/b15-13+,18-17-,21-20-,24-23-,39-37+. The van der Waals surface area contributed by atoms with Gasteiger partial charge in [-0.1, -0.05) is 164 Å². The Balaban J connectivity index is 4.20. The highest BCUT2D eigenvalue weighted by Crippen LogP contribution is 2.38. The summed E-state index contributed by atoms with van der Waals surface area (Å²) in [5, 5.41) is 13.6. The Morgan fingerprint density at radius 2 is 1.09 bits per heavy atom. The van der Waals surface area contributed by atoms with Gasteiger partial charge in [0.05, 0.1) is 39.9 Å². The Morgan fingerprint density at radius 3 is 1.65 bits per heavy atom. The lowest BCUT2D eigenvalue weighted by Gasteiger charge is -2.29. The molecular weight excluding hydrogens is 707 g/mol. The fourth-order valence-corrected chi connectivity index (χ4v) is 6.59. The molecule has 0 aromatic rings. The van der Waals surface area contributed by atoms with Crippen LogP contribution >= 0.6 is 7.82 Å². The van der Waals surface area contributed by atoms with E-state index in [1.807, 2.05) is 27.2 Å². The van der Waals surface area contributed by atoms with Crippen molar-refractivity contribution in [2.45, 2.75) is 187 Å². The van der Waals surface area contributed by atoms with E-state index in [9.17, 15) is 19.4 Å². The summed E-state index contributed by atoms with van der Waals surface area (Å²) in [5.74, 6) is -0.218. The van der Waals surface area contributed by atoms with Crippen LogP contribution in [-0.2, 0) is 18.4 Å². The third-order valence-corrected chi connectivity index (χ3v) is 10.4. The molecule has 0 heterocycles. The van der Waals surface area contributed by atoms with E-state index in [0.717, 1.165) is 51.4 Å². The van der Waals surface area contributed by atoms with Crippen LogP contribution in [0.25, 0.3) is 0 Å². The van der Waals surface area contributed by atoms with Crippen molar-refractivity contribution in [2.24, 2.45) is 0 Å². The van der Waals surface area contributed by atoms with Crippen molar-refractivity contribution in [1.82, 2.24) is 5.32 Å². The van der Waals surface area contributed by atoms with Crippen LogP contribution in [0.15, 0.2) is 60.8 Å². The molecule has 2 N–H and O–H groups in total. The molecule has 1 amide bonds. The maximum Gasteiger partial charge on any atom is 0.268 e. The van der Waals surface area contributed by atoms with Gasteiger partial charge in [-0.2, -0.15) is 0 Å². The highest BCUT2D eigenvalue weighted by atomic mass is 31.2. The van der Waals surface area contributed by atoms with E-state index < -0.39 is 26.6 Å². The van der Waals surface area contributed by atoms with E-state index in [0.29, 0.717) is 17.4 Å². The van der Waals surface area contributed by atoms with E-state index in [1.165, 1.54) is 103 Å². The summed E-state index contributed by atoms with van der Waals surface area (Å²) in [5.41, 5.74) is 0. The summed E-state index contributed by atoms with van der Waals surface area (Å²) in [4.78, 5) is 25.2. The predicted molar refractivity (Wildman–Crippen MR) is 233 cm³/mol. The number of quaternary nitrogens is 1. The number of carbonyl (C=O) groups excluding carboxylic acids is 1. The lowest BCUT2D eigenvalue weighted by atomic mass is 10.0. The number of hydrogen-bond acceptors (Lipinski definition) is 6. The van der Waals surface area contributed by atoms with E-state index >= 15 is 0 Å². The molecule has 3 unspecified atom stereocenters. The Hall–Kier alpha value is -1.80. The molecule has 0 bridgehead atoms. The summed E-state index contributed by atoms with van der Waals surface area (Å²) in [6, 6.07) is -0.904. The van der Waals surface area contributed by atoms with Gasteiger partial charge in [-0.05, 0) is 64.2 Å². The minimum atomic E-state index is -4.59. The van der Waals surface area contributed by atoms with Crippen molar-refractivity contribution >= 4 is 13.7 Å². The van der Waals surface area contributed by atoms with Gasteiger partial charge in [-0.3, -0.25) is 9.36 Å². The first-order chi connectivity index (χ1) is 26.5. The summed E-state index contributed by atoms with van der Waals surface area (Å²) >= 11 is 0. The molecule has 320 valence electrons. The first kappa shape index (κ1) is 53.2. The molecule has 3 atom stereocenters. The predicted octanol–water partition coefficient (Wildman–Crippen LogP) is 11.6. The molecule has 0 saturated heterocycles. The van der Waals surface area contributed by atoms with Crippen molar-refractivity contribution in [2.75, 3.05) is 40.9 Å². The second-order valence-corrected chi connectivity index (χ2v) is 17.4. The second kappa shape index (κ2) is 37.8. The van der Waals surface area contributed by atoms with Gasteiger partial charge in [-0.15, -0.1) is 0 Å². The molecule has 0 aliphatic carbocycles. The number of allylic oxidation sites excluding steroid dienone is 9. The van der Waals surface area contributed by atoms with Crippen molar-refractivity contribution < 1.29 is 32.9 Å². The van der Waals surface area contributed by atoms with Crippen LogP contribution in [0.1, 0.15) is 174 Å². The highest BCUT2D eigenvalue weighted by Gasteiger charge is 2.23. The maximum absolute atomic E-state index is 12.8. The molecule has 0 saturated carbocycles. The summed E-state index contributed by atoms with van der Waals surface area (Å²) in [6.07, 6.45) is 48.6. The zero-order chi connectivity index (χ0) is 40.7. The van der Waals surface area contributed by atoms with Crippen LogP contribution in [0.2, 0.25) is 0 Å². The number of carbonyl (C=O) groups is 1. The number of amides is 1. The Labute approximate surface area is 339 Å². The second-order valence-electron chi connectivity index (χ2n) is 16.0. The number of rotatable bonds is 39. The van der Waals surface area contributed by atoms with Gasteiger partial charge in [-0.25, -0.2) is 0 Å². The molecule has 9 heteroatoms. The van der Waals surface area contributed by atoms with Crippen molar-refractivity contribution in [3.05, 3.63) is 60.8 Å². The lowest BCUT2D eigenvalue weighted by molar-refractivity contribution is -0.870. The lowest BCUT2D eigenvalue weighted by Crippen LogP contribution is -2.45. The molecule has 8 nitrogen and oxygen atoms in total. The summed E-state index contributed by atoms with van der Waals surface area (Å²) in [6.45, 7) is 4.51. The molecule has 0 spiro atoms. The van der Waals surface area contributed by atoms with Gasteiger partial charge in [0, 0.05) is 6.42 Å². The molecule has 0 radical (unpaired) electrons. The first-order valence-electron chi connectivity index (χ1n) is 22.2. The number of aliphatic hydroxyl groups is 1. The van der Waals surface area contributed by atoms with E-state index in [-0.39, 0.29) is 12.5 Å². The molecule has 55 heavy (non-hydrogen) atoms. The quantitative estimate of drug-likeness (QED) is 0.0278. The fourth-order valence-electron chi connectivity index (χ4n) is 5.87. The van der Waals surface area contributed by atoms with Crippen molar-refractivity contribution in [3.8, 4) is 0 Å². The minimum absolute atomic E-state index is 0.01000. The van der Waals surface area contributed by atoms with Crippen molar-refractivity contribution in [1.29, 1.82) is 0 Å². The summed E-state index contributed by atoms with van der Waals surface area (Å²) < 4.78 is 23.1. The van der Waals surface area contributed by atoms with Crippen LogP contribution in [0.5, 0.6) is 0 Å². The fraction of sp³-hybridized carbons (Fsp3) is 0.761. The van der Waals surface area contributed by atoms with Crippen LogP contribution in [0.3, 0.4) is 0 Å². The molecular formula is C46H85N2O6P. The molecule has 0 rings (SSSR count). The number of likely N-dealkylation sites (N-methyl/N-ethyl adjacent to an activating group) is 1. The largest absolute Gasteiger partial charge is 0.756 e. The zero-order valence-corrected chi connectivity index (χ0v) is 37.0. The van der Waals surface area contributed by atoms with Crippen molar-refractivity contribution in [3.63, 3.8) is 0 Å². The minimum Gasteiger partial charge on any atom is -0.756 e. The average molecular weight is 793 g/mol. The average Bonchev–Trinajstić information content (AvgIpc) is 3.13. The third kappa shape index (κ3) is 40.2. The Kier molecular flexibility index (Phi) is 36.5. The van der Waals surface area contributed by atoms with Crippen LogP contribution in [0, 0.1) is 0 Å². The van der Waals surface area contributed by atoms with Gasteiger partial charge >= 0.3 is 0 Å². The first-order valence-corrected chi connectivity index (χ1v) is 23.6. The highest BCUT2D eigenvalue weighted by molar-refractivity contribution is 7.45. The smallest absolute Gasteiger partial charge is 0.268 e. The van der Waals surface area contributed by atoms with Gasteiger partial charge in [0.1, 0.15) is 13.2 Å². The molecule has 0 aromatic carbocycles. The monoisotopic (exact) mass is 793 g/mol. The molecule has 0 aliphatic rings. The van der Waals surface area contributed by atoms with Crippen LogP contribution in [-0.4, -0.2) is 68.5 Å². The number of nitrogens with one attached hydrogen (secondary N) is 1. The zero-order valence-electron chi connectivity index (χ0n) is 36.1.